The lowest BCUT2D eigenvalue weighted by atomic mass is 10.1. The second-order valence-electron chi connectivity index (χ2n) is 5.97. The molecule has 0 unspecified atom stereocenters. The molecule has 1 aromatic carbocycles. The fourth-order valence-corrected chi connectivity index (χ4v) is 2.33. The predicted molar refractivity (Wildman–Crippen MR) is 94.1 cm³/mol. The van der Waals surface area contributed by atoms with Crippen LogP contribution in [0.4, 0.5) is 5.69 Å². The fourth-order valence-electron chi connectivity index (χ4n) is 2.12. The normalized spacial score (nSPS) is 12.0. The quantitative estimate of drug-likeness (QED) is 0.842. The van der Waals surface area contributed by atoms with Crippen molar-refractivity contribution in [1.29, 1.82) is 0 Å². The molecule has 24 heavy (non-hydrogen) atoms. The summed E-state index contributed by atoms with van der Waals surface area (Å²) in [6.45, 7) is 6.11. The topological polar surface area (TPSA) is 76.0 Å². The van der Waals surface area contributed by atoms with Gasteiger partial charge in [-0.15, -0.1) is 0 Å². The van der Waals surface area contributed by atoms with Crippen molar-refractivity contribution in [1.82, 2.24) is 14.9 Å². The summed E-state index contributed by atoms with van der Waals surface area (Å²) in [5.41, 5.74) is 0.876. The zero-order valence-corrected chi connectivity index (χ0v) is 14.7. The third-order valence-corrected chi connectivity index (χ3v) is 3.75. The molecule has 0 radical (unpaired) electrons. The first kappa shape index (κ1) is 18.0. The summed E-state index contributed by atoms with van der Waals surface area (Å²) in [4.78, 5) is 28.2. The van der Waals surface area contributed by atoms with Crippen molar-refractivity contribution in [3.63, 3.8) is 0 Å². The van der Waals surface area contributed by atoms with E-state index in [1.807, 2.05) is 17.7 Å². The molecule has 2 rings (SSSR count). The minimum absolute atomic E-state index is 0.100. The molecular formula is C17H21ClN4O2. The van der Waals surface area contributed by atoms with E-state index in [0.29, 0.717) is 22.8 Å². The van der Waals surface area contributed by atoms with Crippen LogP contribution in [0.1, 0.15) is 31.1 Å². The Labute approximate surface area is 146 Å². The highest BCUT2D eigenvalue weighted by Crippen LogP contribution is 2.21. The van der Waals surface area contributed by atoms with Gasteiger partial charge < -0.3 is 15.2 Å². The van der Waals surface area contributed by atoms with Gasteiger partial charge in [0.2, 0.25) is 5.91 Å². The van der Waals surface area contributed by atoms with Crippen LogP contribution in [0.25, 0.3) is 0 Å². The number of carbonyl (C=O) groups is 2. The number of benzene rings is 1. The molecular weight excluding hydrogens is 328 g/mol. The highest BCUT2D eigenvalue weighted by atomic mass is 35.5. The average Bonchev–Trinajstić information content (AvgIpc) is 3.01. The molecule has 0 saturated carbocycles. The number of aromatic nitrogens is 2. The molecule has 2 N–H and O–H groups in total. The molecule has 1 aromatic heterocycles. The van der Waals surface area contributed by atoms with Crippen molar-refractivity contribution >= 4 is 29.1 Å². The van der Waals surface area contributed by atoms with Crippen LogP contribution >= 0.6 is 11.6 Å². The molecule has 0 aliphatic carbocycles. The lowest BCUT2D eigenvalue weighted by Gasteiger charge is -2.16. The van der Waals surface area contributed by atoms with Crippen LogP contribution in [0.2, 0.25) is 5.02 Å². The monoisotopic (exact) mass is 348 g/mol. The SMILES string of the molecule is CC(C)C(=O)Nc1ccc(Cl)c(C(=O)N[C@H](C)Cn2ccnc2)c1. The summed E-state index contributed by atoms with van der Waals surface area (Å²) in [6.07, 6.45) is 5.21. The molecule has 2 amide bonds. The highest BCUT2D eigenvalue weighted by molar-refractivity contribution is 6.34. The van der Waals surface area contributed by atoms with E-state index in [2.05, 4.69) is 15.6 Å². The summed E-state index contributed by atoms with van der Waals surface area (Å²) >= 11 is 6.13. The molecule has 7 heteroatoms. The summed E-state index contributed by atoms with van der Waals surface area (Å²) in [5.74, 6) is -0.543. The number of amides is 2. The molecule has 128 valence electrons. The molecule has 1 heterocycles. The van der Waals surface area contributed by atoms with Crippen molar-refractivity contribution in [2.24, 2.45) is 5.92 Å². The Hall–Kier alpha value is -2.34. The van der Waals surface area contributed by atoms with Gasteiger partial charge in [0.25, 0.3) is 5.91 Å². The van der Waals surface area contributed by atoms with E-state index in [4.69, 9.17) is 11.6 Å². The molecule has 1 atom stereocenters. The smallest absolute Gasteiger partial charge is 0.253 e. The van der Waals surface area contributed by atoms with Crippen molar-refractivity contribution < 1.29 is 9.59 Å². The van der Waals surface area contributed by atoms with Crippen LogP contribution in [-0.2, 0) is 11.3 Å². The number of halogens is 1. The number of nitrogens with zero attached hydrogens (tertiary/aromatic N) is 2. The van der Waals surface area contributed by atoms with Gasteiger partial charge in [0, 0.05) is 36.6 Å². The van der Waals surface area contributed by atoms with Gasteiger partial charge >= 0.3 is 0 Å². The summed E-state index contributed by atoms with van der Waals surface area (Å²) in [5, 5.41) is 6.00. The van der Waals surface area contributed by atoms with Gasteiger partial charge in [0.15, 0.2) is 0 Å². The third kappa shape index (κ3) is 4.83. The Kier molecular flexibility index (Phi) is 5.98. The summed E-state index contributed by atoms with van der Waals surface area (Å²) < 4.78 is 1.88. The van der Waals surface area contributed by atoms with E-state index in [1.165, 1.54) is 0 Å². The van der Waals surface area contributed by atoms with E-state index in [9.17, 15) is 9.59 Å². The maximum absolute atomic E-state index is 12.4. The number of nitrogens with one attached hydrogen (secondary N) is 2. The van der Waals surface area contributed by atoms with Crippen molar-refractivity contribution in [2.75, 3.05) is 5.32 Å². The molecule has 0 aliphatic rings. The largest absolute Gasteiger partial charge is 0.348 e. The van der Waals surface area contributed by atoms with E-state index in [1.54, 1.807) is 44.6 Å². The van der Waals surface area contributed by atoms with Crippen LogP contribution in [0, 0.1) is 5.92 Å². The zero-order valence-electron chi connectivity index (χ0n) is 13.9. The van der Waals surface area contributed by atoms with Gasteiger partial charge in [-0.25, -0.2) is 4.98 Å². The Bertz CT molecular complexity index is 713. The number of rotatable bonds is 6. The van der Waals surface area contributed by atoms with Crippen molar-refractivity contribution in [2.45, 2.75) is 33.4 Å². The number of anilines is 1. The number of hydrogen-bond donors (Lipinski definition) is 2. The molecule has 0 fully saturated rings. The molecule has 6 nitrogen and oxygen atoms in total. The van der Waals surface area contributed by atoms with Gasteiger partial charge in [-0.2, -0.15) is 0 Å². The maximum Gasteiger partial charge on any atom is 0.253 e. The van der Waals surface area contributed by atoms with Crippen LogP contribution in [-0.4, -0.2) is 27.4 Å². The lowest BCUT2D eigenvalue weighted by molar-refractivity contribution is -0.118. The number of hydrogen-bond acceptors (Lipinski definition) is 3. The molecule has 0 aliphatic heterocycles. The summed E-state index contributed by atoms with van der Waals surface area (Å²) in [6, 6.07) is 4.76. The van der Waals surface area contributed by atoms with Gasteiger partial charge in [-0.3, -0.25) is 9.59 Å². The average molecular weight is 349 g/mol. The number of carbonyl (C=O) groups excluding carboxylic acids is 2. The van der Waals surface area contributed by atoms with Crippen LogP contribution in [0.15, 0.2) is 36.9 Å². The Morgan fingerprint density at radius 2 is 2.04 bits per heavy atom. The standard InChI is InChI=1S/C17H21ClN4O2/c1-11(2)16(23)21-13-4-5-15(18)14(8-13)17(24)20-12(3)9-22-7-6-19-10-22/h4-8,10-12H,9H2,1-3H3,(H,20,24)(H,21,23)/t12-/m1/s1. The van der Waals surface area contributed by atoms with E-state index in [-0.39, 0.29) is 23.8 Å². The van der Waals surface area contributed by atoms with Gasteiger partial charge in [0.05, 0.1) is 16.9 Å². The first-order chi connectivity index (χ1) is 11.4. The highest BCUT2D eigenvalue weighted by Gasteiger charge is 2.15. The van der Waals surface area contributed by atoms with E-state index >= 15 is 0 Å². The minimum Gasteiger partial charge on any atom is -0.348 e. The Morgan fingerprint density at radius 3 is 2.67 bits per heavy atom. The molecule has 0 saturated heterocycles. The molecule has 0 spiro atoms. The Balaban J connectivity index is 2.06. The second kappa shape index (κ2) is 7.97. The first-order valence-corrected chi connectivity index (χ1v) is 8.11. The predicted octanol–water partition coefficient (Wildman–Crippen LogP) is 2.95. The van der Waals surface area contributed by atoms with Crippen molar-refractivity contribution in [3.05, 3.63) is 47.5 Å². The lowest BCUT2D eigenvalue weighted by Crippen LogP contribution is -2.35. The minimum atomic E-state index is -0.284. The van der Waals surface area contributed by atoms with Gasteiger partial charge in [-0.05, 0) is 25.1 Å². The molecule has 0 bridgehead atoms. The maximum atomic E-state index is 12.4. The molecule has 2 aromatic rings. The van der Waals surface area contributed by atoms with Gasteiger partial charge in [-0.1, -0.05) is 25.4 Å². The first-order valence-electron chi connectivity index (χ1n) is 7.74. The van der Waals surface area contributed by atoms with E-state index in [0.717, 1.165) is 0 Å². The number of imidazole rings is 1. The third-order valence-electron chi connectivity index (χ3n) is 3.42. The fraction of sp³-hybridized carbons (Fsp3) is 0.353. The Morgan fingerprint density at radius 1 is 1.29 bits per heavy atom. The van der Waals surface area contributed by atoms with E-state index < -0.39 is 0 Å². The second-order valence-corrected chi connectivity index (χ2v) is 6.38. The van der Waals surface area contributed by atoms with Crippen LogP contribution in [0.5, 0.6) is 0 Å². The van der Waals surface area contributed by atoms with Gasteiger partial charge in [0.1, 0.15) is 0 Å². The van der Waals surface area contributed by atoms with Crippen LogP contribution in [0.3, 0.4) is 0 Å². The van der Waals surface area contributed by atoms with Crippen molar-refractivity contribution in [3.8, 4) is 0 Å². The zero-order chi connectivity index (χ0) is 17.7. The summed E-state index contributed by atoms with van der Waals surface area (Å²) in [7, 11) is 0. The van der Waals surface area contributed by atoms with Crippen LogP contribution < -0.4 is 10.6 Å².